The highest BCUT2D eigenvalue weighted by Gasteiger charge is 2.25. The predicted molar refractivity (Wildman–Crippen MR) is 85.4 cm³/mol. The van der Waals surface area contributed by atoms with Gasteiger partial charge in [-0.2, -0.15) is 0 Å². The zero-order chi connectivity index (χ0) is 17.0. The van der Waals surface area contributed by atoms with Crippen molar-refractivity contribution < 1.29 is 18.7 Å². The molecule has 0 unspecified atom stereocenters. The normalized spacial score (nSPS) is 12.4. The molecule has 0 aliphatic heterocycles. The van der Waals surface area contributed by atoms with Gasteiger partial charge >= 0.3 is 5.97 Å². The standard InChI is InChI=1S/C17H21FN2O3/c1-4-23-17(22)16(10(2)3)20-15(21)7-11-9-19-14-8-12(18)5-6-13(11)14/h5-6,8-10,16,19H,4,7H2,1-3H3,(H,20,21)/t16-/m0/s1. The van der Waals surface area contributed by atoms with Gasteiger partial charge in [0, 0.05) is 17.1 Å². The number of nitrogens with one attached hydrogen (secondary N) is 2. The Morgan fingerprint density at radius 2 is 2.09 bits per heavy atom. The van der Waals surface area contributed by atoms with Gasteiger partial charge in [-0.3, -0.25) is 4.79 Å². The second kappa shape index (κ2) is 7.26. The first-order chi connectivity index (χ1) is 10.9. The third-order valence-electron chi connectivity index (χ3n) is 3.60. The lowest BCUT2D eigenvalue weighted by atomic mass is 10.0. The Bertz CT molecular complexity index is 709. The average molecular weight is 320 g/mol. The first-order valence-corrected chi connectivity index (χ1v) is 7.64. The molecule has 124 valence electrons. The molecule has 0 aliphatic carbocycles. The molecule has 23 heavy (non-hydrogen) atoms. The zero-order valence-electron chi connectivity index (χ0n) is 13.5. The van der Waals surface area contributed by atoms with Crippen LogP contribution in [0.3, 0.4) is 0 Å². The van der Waals surface area contributed by atoms with Crippen LogP contribution in [-0.4, -0.2) is 29.5 Å². The highest BCUT2D eigenvalue weighted by Crippen LogP contribution is 2.19. The number of aromatic amines is 1. The lowest BCUT2D eigenvalue weighted by Crippen LogP contribution is -2.45. The van der Waals surface area contributed by atoms with Crippen molar-refractivity contribution in [1.82, 2.24) is 10.3 Å². The maximum Gasteiger partial charge on any atom is 0.328 e. The van der Waals surface area contributed by atoms with E-state index in [1.54, 1.807) is 19.2 Å². The van der Waals surface area contributed by atoms with Crippen molar-refractivity contribution in [2.75, 3.05) is 6.61 Å². The van der Waals surface area contributed by atoms with Crippen LogP contribution in [0.4, 0.5) is 4.39 Å². The van der Waals surface area contributed by atoms with Crippen LogP contribution in [0, 0.1) is 11.7 Å². The van der Waals surface area contributed by atoms with Gasteiger partial charge in [-0.25, -0.2) is 9.18 Å². The fourth-order valence-corrected chi connectivity index (χ4v) is 2.43. The minimum atomic E-state index is -0.676. The summed E-state index contributed by atoms with van der Waals surface area (Å²) in [5.41, 5.74) is 1.39. The minimum absolute atomic E-state index is 0.0740. The molecule has 0 bridgehead atoms. The summed E-state index contributed by atoms with van der Waals surface area (Å²) in [7, 11) is 0. The van der Waals surface area contributed by atoms with Crippen molar-refractivity contribution in [3.05, 3.63) is 35.8 Å². The first-order valence-electron chi connectivity index (χ1n) is 7.64. The Morgan fingerprint density at radius 3 is 2.74 bits per heavy atom. The topological polar surface area (TPSA) is 71.2 Å². The number of H-pyrrole nitrogens is 1. The predicted octanol–water partition coefficient (Wildman–Crippen LogP) is 2.55. The minimum Gasteiger partial charge on any atom is -0.464 e. The van der Waals surface area contributed by atoms with E-state index in [9.17, 15) is 14.0 Å². The van der Waals surface area contributed by atoms with Crippen LogP contribution >= 0.6 is 0 Å². The Balaban J connectivity index is 2.09. The van der Waals surface area contributed by atoms with Crippen LogP contribution in [0.1, 0.15) is 26.3 Å². The molecule has 2 rings (SSSR count). The van der Waals surface area contributed by atoms with E-state index < -0.39 is 12.0 Å². The van der Waals surface area contributed by atoms with Crippen molar-refractivity contribution in [2.24, 2.45) is 5.92 Å². The highest BCUT2D eigenvalue weighted by atomic mass is 19.1. The number of halogens is 1. The summed E-state index contributed by atoms with van der Waals surface area (Å²) < 4.78 is 18.2. The maximum atomic E-state index is 13.2. The molecule has 1 aromatic carbocycles. The van der Waals surface area contributed by atoms with Crippen LogP contribution in [0.2, 0.25) is 0 Å². The SMILES string of the molecule is CCOC(=O)[C@@H](NC(=O)Cc1c[nH]c2cc(F)ccc12)C(C)C. The Morgan fingerprint density at radius 1 is 1.35 bits per heavy atom. The van der Waals surface area contributed by atoms with Crippen LogP contribution in [0.5, 0.6) is 0 Å². The highest BCUT2D eigenvalue weighted by molar-refractivity contribution is 5.90. The molecule has 0 saturated carbocycles. The largest absolute Gasteiger partial charge is 0.464 e. The van der Waals surface area contributed by atoms with Crippen LogP contribution in [0.15, 0.2) is 24.4 Å². The summed E-state index contributed by atoms with van der Waals surface area (Å²) in [5, 5.41) is 3.50. The summed E-state index contributed by atoms with van der Waals surface area (Å²) in [6.07, 6.45) is 1.78. The van der Waals surface area contributed by atoms with Gasteiger partial charge in [0.25, 0.3) is 0 Å². The van der Waals surface area contributed by atoms with E-state index in [4.69, 9.17) is 4.74 Å². The van der Waals surface area contributed by atoms with E-state index in [-0.39, 0.29) is 30.7 Å². The number of aromatic nitrogens is 1. The maximum absolute atomic E-state index is 13.2. The molecule has 1 amide bonds. The summed E-state index contributed by atoms with van der Waals surface area (Å²) in [6.45, 7) is 5.68. The van der Waals surface area contributed by atoms with Gasteiger partial charge in [-0.05, 0) is 36.6 Å². The Kier molecular flexibility index (Phi) is 5.36. The van der Waals surface area contributed by atoms with Gasteiger partial charge in [0.2, 0.25) is 5.91 Å². The quantitative estimate of drug-likeness (QED) is 0.804. The monoisotopic (exact) mass is 320 g/mol. The lowest BCUT2D eigenvalue weighted by Gasteiger charge is -2.20. The Labute approximate surface area is 134 Å². The van der Waals surface area contributed by atoms with Gasteiger partial charge in [-0.1, -0.05) is 13.8 Å². The number of benzene rings is 1. The first kappa shape index (κ1) is 17.0. The lowest BCUT2D eigenvalue weighted by molar-refractivity contribution is -0.148. The number of ether oxygens (including phenoxy) is 1. The van der Waals surface area contributed by atoms with Gasteiger partial charge in [0.1, 0.15) is 11.9 Å². The number of amides is 1. The van der Waals surface area contributed by atoms with E-state index >= 15 is 0 Å². The van der Waals surface area contributed by atoms with Gasteiger partial charge in [-0.15, -0.1) is 0 Å². The number of carbonyl (C=O) groups excluding carboxylic acids is 2. The molecule has 5 nitrogen and oxygen atoms in total. The second-order valence-electron chi connectivity index (χ2n) is 5.72. The van der Waals surface area contributed by atoms with E-state index in [0.717, 1.165) is 10.9 Å². The van der Waals surface area contributed by atoms with Crippen molar-refractivity contribution in [1.29, 1.82) is 0 Å². The summed E-state index contributed by atoms with van der Waals surface area (Å²) in [5.74, 6) is -1.12. The number of carbonyl (C=O) groups is 2. The molecule has 0 fully saturated rings. The average Bonchev–Trinajstić information content (AvgIpc) is 2.86. The van der Waals surface area contributed by atoms with E-state index in [0.29, 0.717) is 5.52 Å². The van der Waals surface area contributed by atoms with Gasteiger partial charge in [0.15, 0.2) is 0 Å². The fourth-order valence-electron chi connectivity index (χ4n) is 2.43. The zero-order valence-corrected chi connectivity index (χ0v) is 13.5. The number of rotatable bonds is 6. The van der Waals surface area contributed by atoms with Crippen molar-refractivity contribution in [3.8, 4) is 0 Å². The summed E-state index contributed by atoms with van der Waals surface area (Å²) in [4.78, 5) is 27.1. The van der Waals surface area contributed by atoms with Crippen molar-refractivity contribution in [3.63, 3.8) is 0 Å². The molecule has 1 atom stereocenters. The molecule has 0 radical (unpaired) electrons. The fraction of sp³-hybridized carbons (Fsp3) is 0.412. The molecule has 0 aliphatic rings. The smallest absolute Gasteiger partial charge is 0.328 e. The molecule has 2 N–H and O–H groups in total. The summed E-state index contributed by atoms with van der Waals surface area (Å²) in [6, 6.07) is 3.69. The number of esters is 1. The molecule has 1 aromatic heterocycles. The molecule has 6 heteroatoms. The number of fused-ring (bicyclic) bond motifs is 1. The number of hydrogen-bond donors (Lipinski definition) is 2. The molecule has 0 saturated heterocycles. The second-order valence-corrected chi connectivity index (χ2v) is 5.72. The van der Waals surface area contributed by atoms with E-state index in [1.165, 1.54) is 12.1 Å². The molecular formula is C17H21FN2O3. The van der Waals surface area contributed by atoms with Crippen molar-refractivity contribution in [2.45, 2.75) is 33.2 Å². The van der Waals surface area contributed by atoms with Gasteiger partial charge in [0.05, 0.1) is 13.0 Å². The van der Waals surface area contributed by atoms with Crippen molar-refractivity contribution >= 4 is 22.8 Å². The molecule has 0 spiro atoms. The molecular weight excluding hydrogens is 299 g/mol. The third kappa shape index (κ3) is 4.09. The summed E-state index contributed by atoms with van der Waals surface area (Å²) >= 11 is 0. The molecule has 2 aromatic rings. The van der Waals surface area contributed by atoms with Crippen LogP contribution in [-0.2, 0) is 20.7 Å². The van der Waals surface area contributed by atoms with E-state index in [2.05, 4.69) is 10.3 Å². The molecule has 1 heterocycles. The third-order valence-corrected chi connectivity index (χ3v) is 3.60. The number of hydrogen-bond acceptors (Lipinski definition) is 3. The van der Waals surface area contributed by atoms with E-state index in [1.807, 2.05) is 13.8 Å². The Hall–Kier alpha value is -2.37. The van der Waals surface area contributed by atoms with Gasteiger partial charge < -0.3 is 15.0 Å². The van der Waals surface area contributed by atoms with Crippen LogP contribution < -0.4 is 5.32 Å². The van der Waals surface area contributed by atoms with Crippen LogP contribution in [0.25, 0.3) is 10.9 Å².